The maximum atomic E-state index is 12.1. The first kappa shape index (κ1) is 15.5. The lowest BCUT2D eigenvalue weighted by Gasteiger charge is -2.13. The number of nitrogens with one attached hydrogen (secondary N) is 1. The quantitative estimate of drug-likeness (QED) is 0.904. The molecule has 0 saturated heterocycles. The summed E-state index contributed by atoms with van der Waals surface area (Å²) in [5.74, 6) is -0.164. The third kappa shape index (κ3) is 3.21. The first-order valence-electron chi connectivity index (χ1n) is 6.81. The Morgan fingerprint density at radius 1 is 1.45 bits per heavy atom. The Balaban J connectivity index is 2.10. The standard InChI is InChI=1S/C13H20N2O3S2/c1-3-15(2)20(17,18)11-8-12(19-9-11)13(16)14-10-6-4-5-7-10/h8-10H,3-7H2,1-2H3,(H,14,16). The first-order chi connectivity index (χ1) is 9.45. The summed E-state index contributed by atoms with van der Waals surface area (Å²) >= 11 is 1.18. The van der Waals surface area contributed by atoms with E-state index < -0.39 is 10.0 Å². The van der Waals surface area contributed by atoms with Crippen LogP contribution < -0.4 is 5.32 Å². The van der Waals surface area contributed by atoms with Crippen LogP contribution in [0.3, 0.4) is 0 Å². The van der Waals surface area contributed by atoms with Crippen LogP contribution in [0.1, 0.15) is 42.3 Å². The number of hydrogen-bond donors (Lipinski definition) is 1. The first-order valence-corrected chi connectivity index (χ1v) is 9.13. The number of amides is 1. The Morgan fingerprint density at radius 3 is 2.70 bits per heavy atom. The second-order valence-electron chi connectivity index (χ2n) is 5.02. The smallest absolute Gasteiger partial charge is 0.261 e. The lowest BCUT2D eigenvalue weighted by Crippen LogP contribution is -2.32. The van der Waals surface area contributed by atoms with Crippen LogP contribution >= 0.6 is 11.3 Å². The van der Waals surface area contributed by atoms with E-state index in [1.54, 1.807) is 6.92 Å². The van der Waals surface area contributed by atoms with Crippen LogP contribution in [0.2, 0.25) is 0 Å². The molecule has 0 aliphatic heterocycles. The number of carbonyl (C=O) groups excluding carboxylic acids is 1. The number of sulfonamides is 1. The van der Waals surface area contributed by atoms with E-state index in [-0.39, 0.29) is 16.8 Å². The molecule has 0 atom stereocenters. The van der Waals surface area contributed by atoms with E-state index in [4.69, 9.17) is 0 Å². The molecule has 7 heteroatoms. The van der Waals surface area contributed by atoms with E-state index in [1.807, 2.05) is 0 Å². The fourth-order valence-corrected chi connectivity index (χ4v) is 4.59. The zero-order valence-corrected chi connectivity index (χ0v) is 13.4. The van der Waals surface area contributed by atoms with E-state index in [9.17, 15) is 13.2 Å². The maximum absolute atomic E-state index is 12.1. The lowest BCUT2D eigenvalue weighted by molar-refractivity contribution is 0.0942. The molecule has 1 saturated carbocycles. The summed E-state index contributed by atoms with van der Waals surface area (Å²) < 4.78 is 25.6. The van der Waals surface area contributed by atoms with Gasteiger partial charge in [-0.05, 0) is 18.9 Å². The normalized spacial score (nSPS) is 16.8. The molecule has 1 N–H and O–H groups in total. The van der Waals surface area contributed by atoms with Crippen LogP contribution in [0.5, 0.6) is 0 Å². The highest BCUT2D eigenvalue weighted by Crippen LogP contribution is 2.23. The van der Waals surface area contributed by atoms with E-state index in [2.05, 4.69) is 5.32 Å². The monoisotopic (exact) mass is 316 g/mol. The van der Waals surface area contributed by atoms with Crippen molar-refractivity contribution in [2.24, 2.45) is 0 Å². The summed E-state index contributed by atoms with van der Waals surface area (Å²) in [7, 11) is -1.93. The van der Waals surface area contributed by atoms with Crippen molar-refractivity contribution in [3.8, 4) is 0 Å². The Hall–Kier alpha value is -0.920. The minimum atomic E-state index is -3.47. The number of carbonyl (C=O) groups is 1. The molecule has 1 aromatic heterocycles. The third-order valence-corrected chi connectivity index (χ3v) is 6.63. The summed E-state index contributed by atoms with van der Waals surface area (Å²) in [5, 5.41) is 4.50. The fraction of sp³-hybridized carbons (Fsp3) is 0.615. The van der Waals surface area contributed by atoms with Crippen LogP contribution in [0.15, 0.2) is 16.3 Å². The molecule has 2 rings (SSSR count). The van der Waals surface area contributed by atoms with Gasteiger partial charge in [-0.1, -0.05) is 19.8 Å². The van der Waals surface area contributed by atoms with E-state index in [0.29, 0.717) is 11.4 Å². The highest BCUT2D eigenvalue weighted by Gasteiger charge is 2.24. The summed E-state index contributed by atoms with van der Waals surface area (Å²) in [4.78, 5) is 12.7. The summed E-state index contributed by atoms with van der Waals surface area (Å²) in [6.45, 7) is 2.18. The maximum Gasteiger partial charge on any atom is 0.261 e. The van der Waals surface area contributed by atoms with Gasteiger partial charge in [0.05, 0.1) is 9.77 Å². The molecule has 112 valence electrons. The van der Waals surface area contributed by atoms with Crippen molar-refractivity contribution in [1.82, 2.24) is 9.62 Å². The van der Waals surface area contributed by atoms with Gasteiger partial charge >= 0.3 is 0 Å². The van der Waals surface area contributed by atoms with Crippen molar-refractivity contribution in [3.63, 3.8) is 0 Å². The average Bonchev–Trinajstić information content (AvgIpc) is 3.08. The van der Waals surface area contributed by atoms with Gasteiger partial charge in [-0.2, -0.15) is 0 Å². The Kier molecular flexibility index (Phi) is 4.82. The van der Waals surface area contributed by atoms with Crippen molar-refractivity contribution in [3.05, 3.63) is 16.3 Å². The van der Waals surface area contributed by atoms with Crippen LogP contribution in [-0.2, 0) is 10.0 Å². The van der Waals surface area contributed by atoms with Crippen LogP contribution in [0.25, 0.3) is 0 Å². The van der Waals surface area contributed by atoms with Gasteiger partial charge in [-0.25, -0.2) is 12.7 Å². The van der Waals surface area contributed by atoms with Crippen molar-refractivity contribution in [2.45, 2.75) is 43.5 Å². The Labute approximate surface area is 124 Å². The molecular weight excluding hydrogens is 296 g/mol. The van der Waals surface area contributed by atoms with Gasteiger partial charge in [0, 0.05) is 25.0 Å². The van der Waals surface area contributed by atoms with E-state index >= 15 is 0 Å². The summed E-state index contributed by atoms with van der Waals surface area (Å²) in [6.07, 6.45) is 4.33. The van der Waals surface area contributed by atoms with Gasteiger partial charge < -0.3 is 5.32 Å². The molecule has 20 heavy (non-hydrogen) atoms. The van der Waals surface area contributed by atoms with Crippen molar-refractivity contribution in [1.29, 1.82) is 0 Å². The average molecular weight is 316 g/mol. The van der Waals surface area contributed by atoms with Gasteiger partial charge in [0.25, 0.3) is 5.91 Å². The molecule has 0 aromatic carbocycles. The summed E-state index contributed by atoms with van der Waals surface area (Å²) in [6, 6.07) is 1.71. The fourth-order valence-electron chi connectivity index (χ4n) is 2.25. The van der Waals surface area contributed by atoms with Gasteiger partial charge in [-0.3, -0.25) is 4.79 Å². The molecule has 1 aliphatic rings. The van der Waals surface area contributed by atoms with Gasteiger partial charge in [0.1, 0.15) is 0 Å². The Morgan fingerprint density at radius 2 is 2.10 bits per heavy atom. The largest absolute Gasteiger partial charge is 0.349 e. The van der Waals surface area contributed by atoms with Crippen molar-refractivity contribution in [2.75, 3.05) is 13.6 Å². The van der Waals surface area contributed by atoms with Crippen molar-refractivity contribution >= 4 is 27.3 Å². The number of thiophene rings is 1. The van der Waals surface area contributed by atoms with E-state index in [1.165, 1.54) is 34.1 Å². The van der Waals surface area contributed by atoms with Crippen LogP contribution in [0, 0.1) is 0 Å². The van der Waals surface area contributed by atoms with Gasteiger partial charge in [0.15, 0.2) is 0 Å². The topological polar surface area (TPSA) is 66.5 Å². The third-order valence-electron chi connectivity index (χ3n) is 3.64. The minimum Gasteiger partial charge on any atom is -0.349 e. The number of nitrogens with zero attached hydrogens (tertiary/aromatic N) is 1. The van der Waals surface area contributed by atoms with Crippen molar-refractivity contribution < 1.29 is 13.2 Å². The zero-order chi connectivity index (χ0) is 14.8. The molecule has 5 nitrogen and oxygen atoms in total. The minimum absolute atomic E-state index is 0.164. The molecule has 0 unspecified atom stereocenters. The highest BCUT2D eigenvalue weighted by molar-refractivity contribution is 7.89. The molecule has 1 heterocycles. The second-order valence-corrected chi connectivity index (χ2v) is 7.98. The molecule has 1 fully saturated rings. The molecule has 1 aromatic rings. The predicted octanol–water partition coefficient (Wildman–Crippen LogP) is 2.06. The molecule has 0 spiro atoms. The molecule has 1 amide bonds. The van der Waals surface area contributed by atoms with Gasteiger partial charge in [0.2, 0.25) is 10.0 Å². The molecule has 0 bridgehead atoms. The van der Waals surface area contributed by atoms with Crippen LogP contribution in [-0.4, -0.2) is 38.3 Å². The zero-order valence-electron chi connectivity index (χ0n) is 11.8. The number of rotatable bonds is 5. The number of hydrogen-bond acceptors (Lipinski definition) is 4. The highest BCUT2D eigenvalue weighted by atomic mass is 32.2. The Bertz CT molecular complexity index is 574. The SMILES string of the molecule is CCN(C)S(=O)(=O)c1csc(C(=O)NC2CCCC2)c1. The van der Waals surface area contributed by atoms with Gasteiger partial charge in [-0.15, -0.1) is 11.3 Å². The van der Waals surface area contributed by atoms with E-state index in [0.717, 1.165) is 25.7 Å². The lowest BCUT2D eigenvalue weighted by atomic mass is 10.2. The molecule has 0 radical (unpaired) electrons. The molecular formula is C13H20N2O3S2. The second kappa shape index (κ2) is 6.24. The predicted molar refractivity (Wildman–Crippen MR) is 79.5 cm³/mol. The molecule has 1 aliphatic carbocycles. The van der Waals surface area contributed by atoms with Crippen LogP contribution in [0.4, 0.5) is 0 Å². The summed E-state index contributed by atoms with van der Waals surface area (Å²) in [5.41, 5.74) is 0.